The number of hydrogen-bond acceptors (Lipinski definition) is 16. The third-order valence-corrected chi connectivity index (χ3v) is 10.4. The minimum atomic E-state index is -5.08. The lowest BCUT2D eigenvalue weighted by molar-refractivity contribution is -0.192. The van der Waals surface area contributed by atoms with Crippen molar-refractivity contribution < 1.29 is 81.5 Å². The van der Waals surface area contributed by atoms with Crippen LogP contribution < -0.4 is 54.0 Å². The third kappa shape index (κ3) is 24.9. The van der Waals surface area contributed by atoms with E-state index < -0.39 is 133 Å². The first-order valence-corrected chi connectivity index (χ1v) is 23.1. The van der Waals surface area contributed by atoms with E-state index in [-0.39, 0.29) is 30.9 Å². The van der Waals surface area contributed by atoms with E-state index in [1.165, 1.54) is 19.4 Å². The molecule has 8 amide bonds. The molecule has 0 spiro atoms. The van der Waals surface area contributed by atoms with Gasteiger partial charge in [-0.2, -0.15) is 25.8 Å². The van der Waals surface area contributed by atoms with Gasteiger partial charge in [0.15, 0.2) is 0 Å². The van der Waals surface area contributed by atoms with Crippen molar-refractivity contribution in [3.05, 3.63) is 54.1 Å². The van der Waals surface area contributed by atoms with Crippen molar-refractivity contribution in [2.45, 2.75) is 114 Å². The fourth-order valence-electron chi connectivity index (χ4n) is 6.11. The van der Waals surface area contributed by atoms with Crippen LogP contribution in [-0.4, -0.2) is 176 Å². The number of H-pyrrole nitrogens is 1. The van der Waals surface area contributed by atoms with Gasteiger partial charge in [-0.25, -0.2) is 14.6 Å². The molecular formula is C43H65F3N12O14S. The monoisotopic (exact) mass is 1060 g/mol. The number of imidazole rings is 1. The Labute approximate surface area is 422 Å². The molecule has 30 heteroatoms. The molecule has 0 aliphatic rings. The molecule has 1 heterocycles. The van der Waals surface area contributed by atoms with Crippen LogP contribution in [0.15, 0.2) is 42.9 Å². The number of nitrogens with zero attached hydrogens (tertiary/aromatic N) is 1. The highest BCUT2D eigenvalue weighted by Gasteiger charge is 2.38. The number of carboxylic acid groups (broad SMARTS) is 2. The van der Waals surface area contributed by atoms with Gasteiger partial charge in [0.25, 0.3) is 0 Å². The average molecular weight is 1060 g/mol. The molecule has 8 atom stereocenters. The van der Waals surface area contributed by atoms with Gasteiger partial charge in [0.1, 0.15) is 42.3 Å². The molecule has 0 fully saturated rings. The van der Waals surface area contributed by atoms with Crippen molar-refractivity contribution in [1.29, 1.82) is 0 Å². The third-order valence-electron chi connectivity index (χ3n) is 10.0. The number of alkyl halides is 3. The first kappa shape index (κ1) is 64.1. The zero-order chi connectivity index (χ0) is 55.4. The topological polar surface area (TPSA) is 429 Å². The number of halogens is 3. The Morgan fingerprint density at radius 2 is 1.19 bits per heavy atom. The molecule has 73 heavy (non-hydrogen) atoms. The van der Waals surface area contributed by atoms with Gasteiger partial charge in [-0.05, 0) is 44.2 Å². The molecule has 1 aromatic carbocycles. The number of unbranched alkanes of at least 4 members (excludes halogenated alkanes) is 1. The van der Waals surface area contributed by atoms with Crippen LogP contribution in [0, 0.1) is 5.92 Å². The van der Waals surface area contributed by atoms with Crippen molar-refractivity contribution in [3.63, 3.8) is 0 Å². The first-order valence-electron chi connectivity index (χ1n) is 22.5. The lowest BCUT2D eigenvalue weighted by atomic mass is 10.0. The molecule has 0 aliphatic carbocycles. The summed E-state index contributed by atoms with van der Waals surface area (Å²) in [5, 5.41) is 55.6. The summed E-state index contributed by atoms with van der Waals surface area (Å²) in [6.07, 6.45) is -0.805. The molecule has 17 N–H and O–H groups in total. The number of hydrogen-bond donors (Lipinski definition) is 16. The fourth-order valence-corrected chi connectivity index (χ4v) is 6.36. The molecule has 1 aromatic heterocycles. The number of benzene rings is 1. The minimum Gasteiger partial charge on any atom is -0.480 e. The van der Waals surface area contributed by atoms with E-state index >= 15 is 0 Å². The molecule has 2 rings (SSSR count). The number of nitrogens with one attached hydrogen (secondary N) is 9. The number of carbonyl (C=O) groups is 10. The molecule has 26 nitrogen and oxygen atoms in total. The van der Waals surface area contributed by atoms with Crippen molar-refractivity contribution in [2.75, 3.05) is 32.1 Å². The number of nitrogens with two attached hydrogens (primary N) is 2. The highest BCUT2D eigenvalue weighted by Crippen LogP contribution is 2.13. The number of aromatic amines is 1. The standard InChI is InChI=1S/C41H64N12O12S.C2HF3O2/c1-22(2)13-29(41(64)65)51-37(60)27(14-24-9-5-4-6-10-24)49-34(57)23(3)47-40(63)32(20-66)48-33(56)17-45-36(59)30(18-54)52-39(62)31(19-55)53-38(61)28(15-25-16-44-21-46-25)50-35(58)26(43)11-7-8-12-42;3-2(4,5)1(6)7/h4-6,9-10,16,21-23,26-32,54-55,66H,7-8,11-15,17-20,42-43H2,1-3H3,(H,44,46)(H,45,59)(H,47,63)(H,48,56)(H,49,57)(H,50,58)(H,51,60)(H,52,62)(H,53,61)(H,64,65);(H,6,7)/t23-,26-,27-,28-,29-,30-,31-,32-;/m0./s1. The Bertz CT molecular complexity index is 2130. The summed E-state index contributed by atoms with van der Waals surface area (Å²) in [5.41, 5.74) is 12.6. The number of rotatable bonds is 30. The van der Waals surface area contributed by atoms with E-state index in [1.54, 1.807) is 44.2 Å². The molecule has 0 radical (unpaired) electrons. The van der Waals surface area contributed by atoms with Gasteiger partial charge in [0, 0.05) is 30.5 Å². The Morgan fingerprint density at radius 3 is 1.68 bits per heavy atom. The molecule has 0 saturated carbocycles. The predicted octanol–water partition coefficient (Wildman–Crippen LogP) is -4.14. The van der Waals surface area contributed by atoms with Crippen molar-refractivity contribution in [3.8, 4) is 0 Å². The average Bonchev–Trinajstić information content (AvgIpc) is 3.85. The van der Waals surface area contributed by atoms with Gasteiger partial charge in [-0.3, -0.25) is 38.4 Å². The maximum Gasteiger partial charge on any atom is 0.490 e. The van der Waals surface area contributed by atoms with Gasteiger partial charge in [-0.15, -0.1) is 0 Å². The molecule has 408 valence electrons. The number of thiol groups is 1. The van der Waals surface area contributed by atoms with E-state index in [2.05, 4.69) is 65.1 Å². The summed E-state index contributed by atoms with van der Waals surface area (Å²) in [6, 6.07) is -2.05. The summed E-state index contributed by atoms with van der Waals surface area (Å²) >= 11 is 4.10. The van der Waals surface area contributed by atoms with Crippen LogP contribution in [0.4, 0.5) is 13.2 Å². The second-order valence-electron chi connectivity index (χ2n) is 16.6. The second kappa shape index (κ2) is 33.0. The predicted molar refractivity (Wildman–Crippen MR) is 254 cm³/mol. The van der Waals surface area contributed by atoms with E-state index in [0.717, 1.165) is 0 Å². The van der Waals surface area contributed by atoms with Crippen molar-refractivity contribution >= 4 is 71.8 Å². The summed E-state index contributed by atoms with van der Waals surface area (Å²) < 4.78 is 31.7. The van der Waals surface area contributed by atoms with Gasteiger partial charge in [0.2, 0.25) is 47.3 Å². The Kier molecular flexibility index (Phi) is 29.0. The van der Waals surface area contributed by atoms with Crippen molar-refractivity contribution in [2.24, 2.45) is 17.4 Å². The van der Waals surface area contributed by atoms with Crippen LogP contribution in [0.25, 0.3) is 0 Å². The molecule has 0 saturated heterocycles. The normalized spacial score (nSPS) is 14.4. The highest BCUT2D eigenvalue weighted by molar-refractivity contribution is 7.80. The van der Waals surface area contributed by atoms with Crippen LogP contribution >= 0.6 is 12.6 Å². The lowest BCUT2D eigenvalue weighted by Crippen LogP contribution is -2.60. The Morgan fingerprint density at radius 1 is 0.685 bits per heavy atom. The number of aliphatic carboxylic acids is 2. The largest absolute Gasteiger partial charge is 0.490 e. The number of aliphatic hydroxyl groups excluding tert-OH is 2. The lowest BCUT2D eigenvalue weighted by Gasteiger charge is -2.25. The Hall–Kier alpha value is -6.89. The summed E-state index contributed by atoms with van der Waals surface area (Å²) in [6.45, 7) is 2.58. The molecule has 0 aliphatic heterocycles. The quantitative estimate of drug-likeness (QED) is 0.0261. The van der Waals surface area contributed by atoms with Crippen LogP contribution in [0.1, 0.15) is 57.7 Å². The maximum atomic E-state index is 13.3. The van der Waals surface area contributed by atoms with Gasteiger partial charge in [0.05, 0.1) is 32.1 Å². The minimum absolute atomic E-state index is 0.00509. The van der Waals surface area contributed by atoms with Crippen LogP contribution in [-0.2, 0) is 60.8 Å². The van der Waals surface area contributed by atoms with Crippen molar-refractivity contribution in [1.82, 2.24) is 52.5 Å². The van der Waals surface area contributed by atoms with E-state index in [0.29, 0.717) is 37.1 Å². The highest BCUT2D eigenvalue weighted by atomic mass is 32.1. The van der Waals surface area contributed by atoms with Gasteiger partial charge >= 0.3 is 18.1 Å². The zero-order valence-electron chi connectivity index (χ0n) is 40.1. The van der Waals surface area contributed by atoms with E-state index in [9.17, 15) is 71.6 Å². The number of carboxylic acids is 2. The van der Waals surface area contributed by atoms with Crippen LogP contribution in [0.3, 0.4) is 0 Å². The summed E-state index contributed by atoms with van der Waals surface area (Å²) in [4.78, 5) is 132. The molecular weight excluding hydrogens is 998 g/mol. The summed E-state index contributed by atoms with van der Waals surface area (Å²) in [7, 11) is 0. The van der Waals surface area contributed by atoms with Crippen LogP contribution in [0.2, 0.25) is 0 Å². The number of carbonyl (C=O) groups excluding carboxylic acids is 8. The number of aliphatic hydroxyl groups is 2. The maximum absolute atomic E-state index is 13.3. The number of aromatic nitrogens is 2. The van der Waals surface area contributed by atoms with Crippen LogP contribution in [0.5, 0.6) is 0 Å². The second-order valence-corrected chi connectivity index (χ2v) is 16.9. The summed E-state index contributed by atoms with van der Waals surface area (Å²) in [5.74, 6) is -11.4. The van der Waals surface area contributed by atoms with E-state index in [1.807, 2.05) is 0 Å². The SMILES string of the molecule is CC(C)C[C@H](NC(=O)[C@H](Cc1ccccc1)NC(=O)[C@H](C)NC(=O)[C@H](CS)NC(=O)CNC(=O)[C@H](CO)NC(=O)[C@H](CO)NC(=O)[C@H](Cc1cnc[nH]1)NC(=O)[C@@H](N)CCCCN)C(=O)O.O=C(O)C(F)(F)F. The first-order chi connectivity index (χ1) is 34.3. The fraction of sp³-hybridized carbons (Fsp3) is 0.558. The van der Waals surface area contributed by atoms with Gasteiger partial charge in [-0.1, -0.05) is 50.6 Å². The molecule has 0 bridgehead atoms. The molecule has 0 unspecified atom stereocenters. The Balaban J connectivity index is 0.00000353. The van der Waals surface area contributed by atoms with E-state index in [4.69, 9.17) is 21.4 Å². The smallest absolute Gasteiger partial charge is 0.480 e. The molecule has 2 aromatic rings. The zero-order valence-corrected chi connectivity index (χ0v) is 41.0. The van der Waals surface area contributed by atoms with Gasteiger partial charge < -0.3 is 79.4 Å². The number of amides is 8.